The number of rotatable bonds is 6. The first kappa shape index (κ1) is 21.7. The summed E-state index contributed by atoms with van der Waals surface area (Å²) < 4.78 is 33.2. The second-order valence-corrected chi connectivity index (χ2v) is 9.59. The summed E-state index contributed by atoms with van der Waals surface area (Å²) in [6.45, 7) is 5.13. The smallest absolute Gasteiger partial charge is 0.309 e. The normalized spacial score (nSPS) is 22.6. The number of hydrogen-bond donors (Lipinski definition) is 2. The minimum absolute atomic E-state index is 0.0419. The van der Waals surface area contributed by atoms with Gasteiger partial charge in [0.25, 0.3) is 0 Å². The number of nitrogens with zero attached hydrogens (tertiary/aromatic N) is 1. The fourth-order valence-electron chi connectivity index (χ4n) is 3.82. The number of hydrogen-bond acceptors (Lipinski definition) is 5. The van der Waals surface area contributed by atoms with Gasteiger partial charge in [0.05, 0.1) is 11.0 Å². The first-order valence-electron chi connectivity index (χ1n) is 10.1. The summed E-state index contributed by atoms with van der Waals surface area (Å²) in [5.74, 6) is -1.47. The van der Waals surface area contributed by atoms with Crippen LogP contribution in [-0.4, -0.2) is 62.9 Å². The summed E-state index contributed by atoms with van der Waals surface area (Å²) in [6.07, 6.45) is 3.14. The number of amides is 2. The summed E-state index contributed by atoms with van der Waals surface area (Å²) in [6, 6.07) is 4.99. The standard InChI is InChI=1S/C20H29N3O5S/c1-14-7-8-15(2)18(11-14)29(26,27)23-9-3-5-16(23)12-21-19(24)20(25)22-13-17-6-4-10-28-17/h7-8,11,16-17H,3-6,9-10,12-13H2,1-2H3,(H,21,24)(H,22,25)/t16-,17-/m1/s1. The van der Waals surface area contributed by atoms with Crippen molar-refractivity contribution in [3.63, 3.8) is 0 Å². The van der Waals surface area contributed by atoms with Crippen molar-refractivity contribution in [1.29, 1.82) is 0 Å². The van der Waals surface area contributed by atoms with E-state index in [0.717, 1.165) is 24.8 Å². The topological polar surface area (TPSA) is 105 Å². The Morgan fingerprint density at radius 1 is 1.10 bits per heavy atom. The van der Waals surface area contributed by atoms with E-state index >= 15 is 0 Å². The highest BCUT2D eigenvalue weighted by molar-refractivity contribution is 7.89. The van der Waals surface area contributed by atoms with Crippen LogP contribution in [0.3, 0.4) is 0 Å². The second kappa shape index (κ2) is 9.23. The zero-order valence-electron chi connectivity index (χ0n) is 16.9. The Balaban J connectivity index is 1.58. The van der Waals surface area contributed by atoms with Gasteiger partial charge in [-0.05, 0) is 56.7 Å². The molecule has 0 bridgehead atoms. The van der Waals surface area contributed by atoms with Gasteiger partial charge in [0.2, 0.25) is 10.0 Å². The summed E-state index contributed by atoms with van der Waals surface area (Å²) in [7, 11) is -3.67. The molecule has 0 saturated carbocycles. The first-order valence-corrected chi connectivity index (χ1v) is 11.5. The maximum Gasteiger partial charge on any atom is 0.309 e. The molecular formula is C20H29N3O5S. The Kier molecular flexibility index (Phi) is 6.92. The van der Waals surface area contributed by atoms with Gasteiger partial charge in [-0.2, -0.15) is 4.31 Å². The van der Waals surface area contributed by atoms with Crippen molar-refractivity contribution in [3.8, 4) is 0 Å². The van der Waals surface area contributed by atoms with Gasteiger partial charge < -0.3 is 15.4 Å². The van der Waals surface area contributed by atoms with Gasteiger partial charge in [0, 0.05) is 32.3 Å². The van der Waals surface area contributed by atoms with Crippen LogP contribution in [-0.2, 0) is 24.3 Å². The van der Waals surface area contributed by atoms with E-state index in [9.17, 15) is 18.0 Å². The zero-order valence-corrected chi connectivity index (χ0v) is 17.8. The van der Waals surface area contributed by atoms with E-state index in [-0.39, 0.29) is 18.7 Å². The van der Waals surface area contributed by atoms with E-state index < -0.39 is 21.8 Å². The van der Waals surface area contributed by atoms with Gasteiger partial charge in [-0.3, -0.25) is 9.59 Å². The van der Waals surface area contributed by atoms with Crippen molar-refractivity contribution in [2.75, 3.05) is 26.2 Å². The summed E-state index contributed by atoms with van der Waals surface area (Å²) in [5, 5.41) is 5.15. The molecule has 8 nitrogen and oxygen atoms in total. The van der Waals surface area contributed by atoms with E-state index in [1.165, 1.54) is 4.31 Å². The Labute approximate surface area is 172 Å². The minimum Gasteiger partial charge on any atom is -0.376 e. The Morgan fingerprint density at radius 3 is 2.52 bits per heavy atom. The second-order valence-electron chi connectivity index (χ2n) is 7.74. The lowest BCUT2D eigenvalue weighted by Gasteiger charge is -2.25. The SMILES string of the molecule is Cc1ccc(C)c(S(=O)(=O)N2CCC[C@@H]2CNC(=O)C(=O)NC[C@H]2CCCO2)c1. The zero-order chi connectivity index (χ0) is 21.0. The lowest BCUT2D eigenvalue weighted by Crippen LogP contribution is -2.47. The van der Waals surface area contributed by atoms with Crippen LogP contribution in [0.15, 0.2) is 23.1 Å². The lowest BCUT2D eigenvalue weighted by atomic mass is 10.2. The van der Waals surface area contributed by atoms with Crippen molar-refractivity contribution in [2.24, 2.45) is 0 Å². The first-order chi connectivity index (χ1) is 13.8. The number of aryl methyl sites for hydroxylation is 2. The van der Waals surface area contributed by atoms with Crippen LogP contribution in [0, 0.1) is 13.8 Å². The van der Waals surface area contributed by atoms with Gasteiger partial charge >= 0.3 is 11.8 Å². The van der Waals surface area contributed by atoms with Crippen molar-refractivity contribution in [2.45, 2.75) is 56.6 Å². The largest absolute Gasteiger partial charge is 0.376 e. The molecule has 0 radical (unpaired) electrons. The molecule has 2 N–H and O–H groups in total. The fraction of sp³-hybridized carbons (Fsp3) is 0.600. The number of carbonyl (C=O) groups is 2. The van der Waals surface area contributed by atoms with Crippen LogP contribution >= 0.6 is 0 Å². The van der Waals surface area contributed by atoms with E-state index in [2.05, 4.69) is 10.6 Å². The highest BCUT2D eigenvalue weighted by Crippen LogP contribution is 2.28. The van der Waals surface area contributed by atoms with Crippen molar-refractivity contribution < 1.29 is 22.7 Å². The molecule has 9 heteroatoms. The molecule has 2 aliphatic heterocycles. The molecule has 2 amide bonds. The third kappa shape index (κ3) is 5.15. The number of sulfonamides is 1. The molecule has 2 aliphatic rings. The minimum atomic E-state index is -3.67. The maximum absolute atomic E-state index is 13.2. The predicted octanol–water partition coefficient (Wildman–Crippen LogP) is 0.868. The van der Waals surface area contributed by atoms with Gasteiger partial charge in [0.1, 0.15) is 0 Å². The molecular weight excluding hydrogens is 394 g/mol. The molecule has 0 aliphatic carbocycles. The number of nitrogens with one attached hydrogen (secondary N) is 2. The van der Waals surface area contributed by atoms with Gasteiger partial charge in [-0.15, -0.1) is 0 Å². The Bertz CT molecular complexity index is 865. The number of benzene rings is 1. The molecule has 0 unspecified atom stereocenters. The highest BCUT2D eigenvalue weighted by Gasteiger charge is 2.36. The van der Waals surface area contributed by atoms with Gasteiger partial charge in [-0.1, -0.05) is 12.1 Å². The quantitative estimate of drug-likeness (QED) is 0.661. The summed E-state index contributed by atoms with van der Waals surface area (Å²) in [4.78, 5) is 24.4. The van der Waals surface area contributed by atoms with Crippen molar-refractivity contribution >= 4 is 21.8 Å². The number of carbonyl (C=O) groups excluding carboxylic acids is 2. The van der Waals surface area contributed by atoms with Crippen LogP contribution in [0.25, 0.3) is 0 Å². The average molecular weight is 424 g/mol. The fourth-order valence-corrected chi connectivity index (χ4v) is 5.83. The van der Waals surface area contributed by atoms with E-state index in [0.29, 0.717) is 36.6 Å². The molecule has 2 fully saturated rings. The van der Waals surface area contributed by atoms with Crippen molar-refractivity contribution in [3.05, 3.63) is 29.3 Å². The molecule has 160 valence electrons. The molecule has 2 saturated heterocycles. The average Bonchev–Trinajstić information content (AvgIpc) is 3.37. The van der Waals surface area contributed by atoms with E-state index in [4.69, 9.17) is 4.74 Å². The van der Waals surface area contributed by atoms with Crippen LogP contribution in [0.4, 0.5) is 0 Å². The number of ether oxygens (including phenoxy) is 1. The maximum atomic E-state index is 13.2. The molecule has 0 aromatic heterocycles. The summed E-state index contributed by atoms with van der Waals surface area (Å²) in [5.41, 5.74) is 1.57. The predicted molar refractivity (Wildman–Crippen MR) is 108 cm³/mol. The van der Waals surface area contributed by atoms with Crippen LogP contribution < -0.4 is 10.6 Å². The lowest BCUT2D eigenvalue weighted by molar-refractivity contribution is -0.139. The van der Waals surface area contributed by atoms with Crippen LogP contribution in [0.2, 0.25) is 0 Å². The molecule has 29 heavy (non-hydrogen) atoms. The Morgan fingerprint density at radius 2 is 1.83 bits per heavy atom. The third-order valence-corrected chi connectivity index (χ3v) is 7.57. The highest BCUT2D eigenvalue weighted by atomic mass is 32.2. The monoisotopic (exact) mass is 423 g/mol. The molecule has 0 spiro atoms. The molecule has 3 rings (SSSR count). The Hall–Kier alpha value is -1.97. The van der Waals surface area contributed by atoms with Crippen LogP contribution in [0.5, 0.6) is 0 Å². The van der Waals surface area contributed by atoms with E-state index in [1.807, 2.05) is 13.0 Å². The van der Waals surface area contributed by atoms with Gasteiger partial charge in [0.15, 0.2) is 0 Å². The molecule has 1 aromatic rings. The molecule has 1 aromatic carbocycles. The van der Waals surface area contributed by atoms with Gasteiger partial charge in [-0.25, -0.2) is 8.42 Å². The third-order valence-electron chi connectivity index (χ3n) is 5.47. The van der Waals surface area contributed by atoms with Crippen molar-refractivity contribution in [1.82, 2.24) is 14.9 Å². The van der Waals surface area contributed by atoms with E-state index in [1.54, 1.807) is 19.1 Å². The molecule has 2 heterocycles. The molecule has 2 atom stereocenters. The summed E-state index contributed by atoms with van der Waals surface area (Å²) >= 11 is 0. The van der Waals surface area contributed by atoms with Crippen LogP contribution in [0.1, 0.15) is 36.8 Å².